The second-order valence-corrected chi connectivity index (χ2v) is 7.28. The quantitative estimate of drug-likeness (QED) is 0.782. The molecule has 2 aromatic rings. The van der Waals surface area contributed by atoms with Crippen LogP contribution < -0.4 is 5.32 Å². The van der Waals surface area contributed by atoms with Crippen molar-refractivity contribution in [3.8, 4) is 0 Å². The van der Waals surface area contributed by atoms with Crippen LogP contribution in [0.4, 0.5) is 0 Å². The molecular weight excluding hydrogens is 362 g/mol. The third-order valence-corrected chi connectivity index (χ3v) is 4.88. The average molecular weight is 375 g/mol. The molecule has 90 valence electrons. The highest BCUT2D eigenvalue weighted by Gasteiger charge is 2.07. The Labute approximate surface area is 123 Å². The lowest BCUT2D eigenvalue weighted by Crippen LogP contribution is -2.16. The largest absolute Gasteiger partial charge is 0.305 e. The molecule has 2 rings (SSSR count). The van der Waals surface area contributed by atoms with Crippen molar-refractivity contribution in [2.75, 3.05) is 0 Å². The summed E-state index contributed by atoms with van der Waals surface area (Å²) in [6, 6.07) is 13.1. The van der Waals surface area contributed by atoms with Gasteiger partial charge in [0.25, 0.3) is 0 Å². The first-order valence-corrected chi connectivity index (χ1v) is 7.78. The molecule has 17 heavy (non-hydrogen) atoms. The fraction of sp³-hybridized carbons (Fsp3) is 0.231. The first kappa shape index (κ1) is 13.3. The van der Waals surface area contributed by atoms with E-state index < -0.39 is 0 Å². The van der Waals surface area contributed by atoms with Crippen molar-refractivity contribution in [1.82, 2.24) is 5.32 Å². The zero-order chi connectivity index (χ0) is 12.3. The molecule has 0 radical (unpaired) electrons. The number of hydrogen-bond donors (Lipinski definition) is 1. The molecule has 1 atom stereocenters. The summed E-state index contributed by atoms with van der Waals surface area (Å²) >= 11 is 8.71. The van der Waals surface area contributed by atoms with E-state index in [1.807, 2.05) is 0 Å². The van der Waals surface area contributed by atoms with Gasteiger partial charge in [-0.1, -0.05) is 28.1 Å². The first-order valence-electron chi connectivity index (χ1n) is 5.38. The van der Waals surface area contributed by atoms with Gasteiger partial charge in [0.2, 0.25) is 0 Å². The predicted molar refractivity (Wildman–Crippen MR) is 81.4 cm³/mol. The van der Waals surface area contributed by atoms with Crippen LogP contribution in [0.15, 0.2) is 44.7 Å². The van der Waals surface area contributed by atoms with Crippen molar-refractivity contribution < 1.29 is 0 Å². The summed E-state index contributed by atoms with van der Waals surface area (Å²) < 4.78 is 2.31. The van der Waals surface area contributed by atoms with Gasteiger partial charge in [-0.25, -0.2) is 0 Å². The van der Waals surface area contributed by atoms with E-state index in [2.05, 4.69) is 80.5 Å². The van der Waals surface area contributed by atoms with E-state index in [4.69, 9.17) is 0 Å². The first-order chi connectivity index (χ1) is 8.15. The van der Waals surface area contributed by atoms with Crippen LogP contribution in [-0.2, 0) is 6.54 Å². The van der Waals surface area contributed by atoms with Crippen molar-refractivity contribution in [2.45, 2.75) is 19.5 Å². The van der Waals surface area contributed by atoms with E-state index in [0.29, 0.717) is 6.04 Å². The van der Waals surface area contributed by atoms with Gasteiger partial charge >= 0.3 is 0 Å². The molecule has 4 heteroatoms. The zero-order valence-corrected chi connectivity index (χ0v) is 13.4. The Hall–Kier alpha value is -0.160. The van der Waals surface area contributed by atoms with Crippen LogP contribution >= 0.6 is 43.2 Å². The molecule has 0 bridgehead atoms. The third-order valence-electron chi connectivity index (χ3n) is 2.55. The van der Waals surface area contributed by atoms with Crippen LogP contribution in [-0.4, -0.2) is 0 Å². The number of thiophene rings is 1. The minimum absolute atomic E-state index is 0.384. The molecule has 0 saturated carbocycles. The summed E-state index contributed by atoms with van der Waals surface area (Å²) in [5.41, 5.74) is 1.30. The third kappa shape index (κ3) is 3.91. The molecule has 0 aliphatic rings. The maximum atomic E-state index is 3.52. The van der Waals surface area contributed by atoms with Gasteiger partial charge in [0.05, 0.1) is 3.79 Å². The highest BCUT2D eigenvalue weighted by Crippen LogP contribution is 2.27. The Kier molecular flexibility index (Phi) is 4.79. The summed E-state index contributed by atoms with van der Waals surface area (Å²) in [7, 11) is 0. The monoisotopic (exact) mass is 373 g/mol. The van der Waals surface area contributed by atoms with Crippen molar-refractivity contribution in [2.24, 2.45) is 0 Å². The Morgan fingerprint density at radius 2 is 1.82 bits per heavy atom. The molecule has 0 saturated heterocycles. The van der Waals surface area contributed by atoms with E-state index in [9.17, 15) is 0 Å². The van der Waals surface area contributed by atoms with Crippen molar-refractivity contribution >= 4 is 43.2 Å². The predicted octanol–water partition coefficient (Wildman–Crippen LogP) is 5.12. The minimum Gasteiger partial charge on any atom is -0.305 e. The molecule has 1 unspecified atom stereocenters. The van der Waals surface area contributed by atoms with E-state index in [-0.39, 0.29) is 0 Å². The topological polar surface area (TPSA) is 12.0 Å². The van der Waals surface area contributed by atoms with Crippen LogP contribution in [0.5, 0.6) is 0 Å². The standard InChI is InChI=1S/C13H13Br2NS/c1-9(12-6-7-13(15)17-12)16-8-10-2-4-11(14)5-3-10/h2-7,9,16H,8H2,1H3. The summed E-state index contributed by atoms with van der Waals surface area (Å²) in [5, 5.41) is 3.52. The number of halogens is 2. The van der Waals surface area contributed by atoms with Crippen LogP contribution in [0.25, 0.3) is 0 Å². The van der Waals surface area contributed by atoms with Gasteiger partial charge in [-0.05, 0) is 52.7 Å². The van der Waals surface area contributed by atoms with Gasteiger partial charge in [-0.15, -0.1) is 11.3 Å². The van der Waals surface area contributed by atoms with Crippen molar-refractivity contribution in [1.29, 1.82) is 0 Å². The van der Waals surface area contributed by atoms with E-state index >= 15 is 0 Å². The normalized spacial score (nSPS) is 12.6. The number of rotatable bonds is 4. The van der Waals surface area contributed by atoms with Crippen LogP contribution in [0.2, 0.25) is 0 Å². The number of hydrogen-bond acceptors (Lipinski definition) is 2. The molecule has 1 heterocycles. The molecule has 0 spiro atoms. The second-order valence-electron chi connectivity index (χ2n) is 3.87. The van der Waals surface area contributed by atoms with Crippen molar-refractivity contribution in [3.63, 3.8) is 0 Å². The molecule has 0 fully saturated rings. The van der Waals surface area contributed by atoms with Crippen LogP contribution in [0.3, 0.4) is 0 Å². The maximum Gasteiger partial charge on any atom is 0.0701 e. The Morgan fingerprint density at radius 1 is 1.12 bits per heavy atom. The molecule has 1 aromatic carbocycles. The summed E-state index contributed by atoms with van der Waals surface area (Å²) in [4.78, 5) is 1.36. The fourth-order valence-electron chi connectivity index (χ4n) is 1.53. The summed E-state index contributed by atoms with van der Waals surface area (Å²) in [5.74, 6) is 0. The van der Waals surface area contributed by atoms with Gasteiger partial charge in [0, 0.05) is 21.9 Å². The van der Waals surface area contributed by atoms with Gasteiger partial charge in [0.1, 0.15) is 0 Å². The number of benzene rings is 1. The Balaban J connectivity index is 1.92. The molecule has 0 aliphatic heterocycles. The fourth-order valence-corrected chi connectivity index (χ4v) is 3.25. The number of nitrogens with one attached hydrogen (secondary N) is 1. The van der Waals surface area contributed by atoms with Gasteiger partial charge < -0.3 is 5.32 Å². The lowest BCUT2D eigenvalue weighted by atomic mass is 10.2. The smallest absolute Gasteiger partial charge is 0.0701 e. The SMILES string of the molecule is CC(NCc1ccc(Br)cc1)c1ccc(Br)s1. The van der Waals surface area contributed by atoms with Crippen molar-refractivity contribution in [3.05, 3.63) is 55.1 Å². The van der Waals surface area contributed by atoms with E-state index in [0.717, 1.165) is 11.0 Å². The highest BCUT2D eigenvalue weighted by molar-refractivity contribution is 9.11. The van der Waals surface area contributed by atoms with E-state index in [1.54, 1.807) is 11.3 Å². The second kappa shape index (κ2) is 6.14. The Bertz CT molecular complexity index is 478. The zero-order valence-electron chi connectivity index (χ0n) is 9.41. The molecule has 0 amide bonds. The summed E-state index contributed by atoms with van der Waals surface area (Å²) in [6.07, 6.45) is 0. The minimum atomic E-state index is 0.384. The molecule has 1 nitrogen and oxygen atoms in total. The maximum absolute atomic E-state index is 3.52. The molecular formula is C13H13Br2NS. The lowest BCUT2D eigenvalue weighted by molar-refractivity contribution is 0.583. The van der Waals surface area contributed by atoms with E-state index in [1.165, 1.54) is 14.2 Å². The summed E-state index contributed by atoms with van der Waals surface area (Å²) in [6.45, 7) is 3.08. The molecule has 1 aromatic heterocycles. The van der Waals surface area contributed by atoms with Gasteiger partial charge in [-0.3, -0.25) is 0 Å². The lowest BCUT2D eigenvalue weighted by Gasteiger charge is -2.12. The van der Waals surface area contributed by atoms with Gasteiger partial charge in [-0.2, -0.15) is 0 Å². The highest BCUT2D eigenvalue weighted by atomic mass is 79.9. The molecule has 1 N–H and O–H groups in total. The van der Waals surface area contributed by atoms with Crippen LogP contribution in [0.1, 0.15) is 23.4 Å². The average Bonchev–Trinajstić information content (AvgIpc) is 2.75. The van der Waals surface area contributed by atoms with Gasteiger partial charge in [0.15, 0.2) is 0 Å². The van der Waals surface area contributed by atoms with Crippen LogP contribution in [0, 0.1) is 0 Å². The molecule has 0 aliphatic carbocycles. The Morgan fingerprint density at radius 3 is 2.41 bits per heavy atom.